The van der Waals surface area contributed by atoms with E-state index in [9.17, 15) is 0 Å². The van der Waals surface area contributed by atoms with E-state index >= 15 is 0 Å². The van der Waals surface area contributed by atoms with Gasteiger partial charge in [-0.15, -0.1) is 0 Å². The summed E-state index contributed by atoms with van der Waals surface area (Å²) in [5.41, 5.74) is 11.3. The molecule has 44 heavy (non-hydrogen) atoms. The van der Waals surface area contributed by atoms with Gasteiger partial charge in [-0.05, 0) is 89.0 Å². The number of anilines is 6. The van der Waals surface area contributed by atoms with E-state index < -0.39 is 0 Å². The third-order valence-corrected chi connectivity index (χ3v) is 7.80. The molecule has 7 rings (SSSR count). The third-order valence-electron chi connectivity index (χ3n) is 7.80. The van der Waals surface area contributed by atoms with Crippen molar-refractivity contribution in [1.82, 2.24) is 0 Å². The smallest absolute Gasteiger partial charge is 0.0488 e. The second-order valence-corrected chi connectivity index (χ2v) is 10.7. The molecule has 2 heteroatoms. The third kappa shape index (κ3) is 5.62. The van der Waals surface area contributed by atoms with Crippen LogP contribution in [0.25, 0.3) is 22.3 Å². The molecule has 0 aliphatic heterocycles. The van der Waals surface area contributed by atoms with Crippen molar-refractivity contribution in [3.05, 3.63) is 194 Å². The van der Waals surface area contributed by atoms with Crippen LogP contribution in [0.3, 0.4) is 0 Å². The van der Waals surface area contributed by atoms with Crippen LogP contribution >= 0.6 is 0 Å². The Bertz CT molecular complexity index is 1760. The lowest BCUT2D eigenvalue weighted by molar-refractivity contribution is 1.25. The largest absolute Gasteiger partial charge is 0.310 e. The average molecular weight is 565 g/mol. The Hall–Kier alpha value is -5.86. The summed E-state index contributed by atoms with van der Waals surface area (Å²) in [5.74, 6) is 0. The molecule has 0 atom stereocenters. The Balaban J connectivity index is 1.51. The summed E-state index contributed by atoms with van der Waals surface area (Å²) in [4.78, 5) is 4.68. The van der Waals surface area contributed by atoms with Crippen molar-refractivity contribution in [2.45, 2.75) is 0 Å². The van der Waals surface area contributed by atoms with E-state index in [-0.39, 0.29) is 0 Å². The number of benzene rings is 7. The molecule has 0 unspecified atom stereocenters. The van der Waals surface area contributed by atoms with Gasteiger partial charge in [0.2, 0.25) is 0 Å². The summed E-state index contributed by atoms with van der Waals surface area (Å²) in [6, 6.07) is 68.7. The number of rotatable bonds is 8. The standard InChI is InChI=1S/C42H32N2/c1-6-18-33(19-7-1)41-28-16-17-29-42(41)34-30-39(43(35-20-8-2-9-21-35)36-22-10-3-11-23-36)32-40(31-34)44(37-24-12-4-13-25-37)38-26-14-5-15-27-38/h1-32H. The summed E-state index contributed by atoms with van der Waals surface area (Å²) in [5, 5.41) is 0. The molecule has 0 radical (unpaired) electrons. The highest BCUT2D eigenvalue weighted by molar-refractivity contribution is 5.91. The molecule has 0 saturated heterocycles. The Kier molecular flexibility index (Phi) is 7.71. The van der Waals surface area contributed by atoms with Crippen LogP contribution in [-0.2, 0) is 0 Å². The van der Waals surface area contributed by atoms with Crippen LogP contribution in [0, 0.1) is 0 Å². The summed E-state index contributed by atoms with van der Waals surface area (Å²) in [6.07, 6.45) is 0. The maximum absolute atomic E-state index is 2.34. The summed E-state index contributed by atoms with van der Waals surface area (Å²) < 4.78 is 0. The predicted molar refractivity (Wildman–Crippen MR) is 187 cm³/mol. The van der Waals surface area contributed by atoms with Crippen LogP contribution in [-0.4, -0.2) is 0 Å². The first-order valence-electron chi connectivity index (χ1n) is 15.0. The Morgan fingerprint density at radius 1 is 0.227 bits per heavy atom. The van der Waals surface area contributed by atoms with Crippen molar-refractivity contribution in [3.63, 3.8) is 0 Å². The van der Waals surface area contributed by atoms with Crippen molar-refractivity contribution in [2.24, 2.45) is 0 Å². The average Bonchev–Trinajstić information content (AvgIpc) is 3.11. The van der Waals surface area contributed by atoms with Crippen molar-refractivity contribution in [2.75, 3.05) is 9.80 Å². The van der Waals surface area contributed by atoms with Crippen LogP contribution in [0.2, 0.25) is 0 Å². The molecule has 0 spiro atoms. The van der Waals surface area contributed by atoms with E-state index in [1.54, 1.807) is 0 Å². The molecule has 0 bridgehead atoms. The van der Waals surface area contributed by atoms with Gasteiger partial charge in [0.25, 0.3) is 0 Å². The van der Waals surface area contributed by atoms with Gasteiger partial charge in [0.1, 0.15) is 0 Å². The number of hydrogen-bond acceptors (Lipinski definition) is 2. The molecule has 0 aromatic heterocycles. The van der Waals surface area contributed by atoms with Crippen molar-refractivity contribution in [1.29, 1.82) is 0 Å². The van der Waals surface area contributed by atoms with Gasteiger partial charge >= 0.3 is 0 Å². The summed E-state index contributed by atoms with van der Waals surface area (Å²) >= 11 is 0. The first kappa shape index (κ1) is 27.0. The molecule has 0 fully saturated rings. The molecular formula is C42H32N2. The lowest BCUT2D eigenvalue weighted by Crippen LogP contribution is -2.13. The van der Waals surface area contributed by atoms with Gasteiger partial charge < -0.3 is 9.80 Å². The van der Waals surface area contributed by atoms with Crippen molar-refractivity contribution in [3.8, 4) is 22.3 Å². The minimum Gasteiger partial charge on any atom is -0.310 e. The maximum atomic E-state index is 2.34. The molecule has 0 heterocycles. The zero-order valence-corrected chi connectivity index (χ0v) is 24.4. The first-order chi connectivity index (χ1) is 21.8. The van der Waals surface area contributed by atoms with Crippen LogP contribution < -0.4 is 9.80 Å². The van der Waals surface area contributed by atoms with Crippen LogP contribution in [0.15, 0.2) is 194 Å². The molecule has 0 amide bonds. The molecule has 7 aromatic carbocycles. The quantitative estimate of drug-likeness (QED) is 0.181. The van der Waals surface area contributed by atoms with Crippen molar-refractivity contribution >= 4 is 34.1 Å². The van der Waals surface area contributed by atoms with Crippen LogP contribution in [0.1, 0.15) is 0 Å². The highest BCUT2D eigenvalue weighted by atomic mass is 15.2. The van der Waals surface area contributed by atoms with E-state index in [0.29, 0.717) is 0 Å². The van der Waals surface area contributed by atoms with Gasteiger partial charge in [0, 0.05) is 34.1 Å². The van der Waals surface area contributed by atoms with Gasteiger partial charge in [0.05, 0.1) is 0 Å². The van der Waals surface area contributed by atoms with Crippen molar-refractivity contribution < 1.29 is 0 Å². The van der Waals surface area contributed by atoms with Gasteiger partial charge in [-0.2, -0.15) is 0 Å². The lowest BCUT2D eigenvalue weighted by atomic mass is 9.93. The number of nitrogens with zero attached hydrogens (tertiary/aromatic N) is 2. The minimum atomic E-state index is 1.08. The second kappa shape index (κ2) is 12.6. The predicted octanol–water partition coefficient (Wildman–Crippen LogP) is 12.0. The van der Waals surface area contributed by atoms with Gasteiger partial charge in [-0.25, -0.2) is 0 Å². The minimum absolute atomic E-state index is 1.08. The molecule has 0 saturated carbocycles. The molecule has 0 aliphatic carbocycles. The molecule has 0 N–H and O–H groups in total. The van der Waals surface area contributed by atoms with E-state index in [1.165, 1.54) is 16.7 Å². The van der Waals surface area contributed by atoms with E-state index in [1.807, 2.05) is 0 Å². The first-order valence-corrected chi connectivity index (χ1v) is 15.0. The Labute approximate surface area is 259 Å². The number of hydrogen-bond donors (Lipinski definition) is 0. The fourth-order valence-electron chi connectivity index (χ4n) is 5.82. The molecular weight excluding hydrogens is 532 g/mol. The van der Waals surface area contributed by atoms with Crippen LogP contribution in [0.5, 0.6) is 0 Å². The van der Waals surface area contributed by atoms with E-state index in [0.717, 1.165) is 39.7 Å². The lowest BCUT2D eigenvalue weighted by Gasteiger charge is -2.30. The zero-order valence-electron chi connectivity index (χ0n) is 24.4. The molecule has 7 aromatic rings. The molecule has 0 aliphatic rings. The normalized spacial score (nSPS) is 10.7. The SMILES string of the molecule is c1ccc(-c2ccccc2-c2cc(N(c3ccccc3)c3ccccc3)cc(N(c3ccccc3)c3ccccc3)c2)cc1. The van der Waals surface area contributed by atoms with E-state index in [4.69, 9.17) is 0 Å². The molecule has 2 nitrogen and oxygen atoms in total. The highest BCUT2D eigenvalue weighted by Gasteiger charge is 2.20. The summed E-state index contributed by atoms with van der Waals surface area (Å²) in [7, 11) is 0. The highest BCUT2D eigenvalue weighted by Crippen LogP contribution is 2.44. The Morgan fingerprint density at radius 2 is 0.523 bits per heavy atom. The Morgan fingerprint density at radius 3 is 0.886 bits per heavy atom. The molecule has 210 valence electrons. The van der Waals surface area contributed by atoms with Gasteiger partial charge in [0.15, 0.2) is 0 Å². The van der Waals surface area contributed by atoms with Gasteiger partial charge in [-0.1, -0.05) is 127 Å². The fraction of sp³-hybridized carbons (Fsp3) is 0. The zero-order chi connectivity index (χ0) is 29.6. The number of para-hydroxylation sites is 4. The van der Waals surface area contributed by atoms with Gasteiger partial charge in [-0.3, -0.25) is 0 Å². The van der Waals surface area contributed by atoms with Crippen LogP contribution in [0.4, 0.5) is 34.1 Å². The second-order valence-electron chi connectivity index (χ2n) is 10.7. The topological polar surface area (TPSA) is 6.48 Å². The monoisotopic (exact) mass is 564 g/mol. The maximum Gasteiger partial charge on any atom is 0.0488 e. The van der Waals surface area contributed by atoms with E-state index in [2.05, 4.69) is 204 Å². The summed E-state index contributed by atoms with van der Waals surface area (Å²) in [6.45, 7) is 0. The fourth-order valence-corrected chi connectivity index (χ4v) is 5.82.